The predicted molar refractivity (Wildman–Crippen MR) is 65.7 cm³/mol. The molecule has 1 aromatic carbocycles. The Bertz CT molecular complexity index is 362. The molecule has 0 saturated carbocycles. The van der Waals surface area contributed by atoms with E-state index >= 15 is 0 Å². The first-order valence-corrected chi connectivity index (χ1v) is 5.47. The van der Waals surface area contributed by atoms with Crippen LogP contribution >= 0.6 is 0 Å². The molecule has 16 heavy (non-hydrogen) atoms. The van der Waals surface area contributed by atoms with Crippen molar-refractivity contribution >= 4 is 6.08 Å². The van der Waals surface area contributed by atoms with Gasteiger partial charge in [-0.05, 0) is 11.5 Å². The summed E-state index contributed by atoms with van der Waals surface area (Å²) in [5, 5.41) is 8.81. The minimum absolute atomic E-state index is 0.232. The summed E-state index contributed by atoms with van der Waals surface area (Å²) in [6.07, 6.45) is 3.61. The lowest BCUT2D eigenvalue weighted by Crippen LogP contribution is -2.17. The monoisotopic (exact) mass is 215 g/mol. The van der Waals surface area contributed by atoms with Crippen molar-refractivity contribution in [2.75, 3.05) is 6.61 Å². The molecule has 0 saturated heterocycles. The smallest absolute Gasteiger partial charge is 0.146 e. The van der Waals surface area contributed by atoms with Crippen LogP contribution in [0.15, 0.2) is 36.4 Å². The molecular formula is C14H17NO. The Balaban J connectivity index is 2.36. The van der Waals surface area contributed by atoms with Crippen LogP contribution in [0.5, 0.6) is 0 Å². The van der Waals surface area contributed by atoms with Crippen LogP contribution in [-0.4, -0.2) is 12.7 Å². The summed E-state index contributed by atoms with van der Waals surface area (Å²) < 4.78 is 5.43. The topological polar surface area (TPSA) is 33.0 Å². The van der Waals surface area contributed by atoms with Gasteiger partial charge in [0.15, 0.2) is 0 Å². The molecule has 0 aliphatic heterocycles. The van der Waals surface area contributed by atoms with Gasteiger partial charge in [-0.15, -0.1) is 0 Å². The second-order valence-electron chi connectivity index (χ2n) is 3.94. The summed E-state index contributed by atoms with van der Waals surface area (Å²) in [6.45, 7) is 4.44. The fraction of sp³-hybridized carbons (Fsp3) is 0.357. The number of ether oxygens (including phenoxy) is 1. The summed E-state index contributed by atoms with van der Waals surface area (Å²) >= 11 is 0. The number of rotatable bonds is 5. The molecule has 0 aliphatic carbocycles. The van der Waals surface area contributed by atoms with E-state index in [9.17, 15) is 0 Å². The molecule has 0 fully saturated rings. The largest absolute Gasteiger partial charge is 0.359 e. The molecule has 84 valence electrons. The second-order valence-corrected chi connectivity index (χ2v) is 3.94. The number of benzene rings is 1. The Morgan fingerprint density at radius 3 is 2.56 bits per heavy atom. The summed E-state index contributed by atoms with van der Waals surface area (Å²) in [5.74, 6) is 0.232. The maximum atomic E-state index is 8.81. The Labute approximate surface area is 97.2 Å². The van der Waals surface area contributed by atoms with E-state index in [1.165, 1.54) is 0 Å². The maximum Gasteiger partial charge on any atom is 0.146 e. The van der Waals surface area contributed by atoms with Crippen LogP contribution in [-0.2, 0) is 4.74 Å². The molecular weight excluding hydrogens is 198 g/mol. The summed E-state index contributed by atoms with van der Waals surface area (Å²) in [4.78, 5) is 0. The van der Waals surface area contributed by atoms with E-state index in [2.05, 4.69) is 6.07 Å². The van der Waals surface area contributed by atoms with E-state index in [0.717, 1.165) is 5.56 Å². The molecule has 1 atom stereocenters. The number of hydrogen-bond acceptors (Lipinski definition) is 2. The third-order valence-electron chi connectivity index (χ3n) is 2.21. The van der Waals surface area contributed by atoms with Crippen LogP contribution in [0.1, 0.15) is 19.4 Å². The minimum Gasteiger partial charge on any atom is -0.359 e. The van der Waals surface area contributed by atoms with E-state index in [1.807, 2.05) is 56.3 Å². The van der Waals surface area contributed by atoms with E-state index in [1.54, 1.807) is 0 Å². The molecule has 2 heteroatoms. The Hall–Kier alpha value is -1.59. The normalized spacial score (nSPS) is 12.9. The molecule has 0 N–H and O–H groups in total. The van der Waals surface area contributed by atoms with E-state index < -0.39 is 0 Å². The lowest BCUT2D eigenvalue weighted by atomic mass is 10.1. The van der Waals surface area contributed by atoms with Crippen molar-refractivity contribution in [3.05, 3.63) is 42.0 Å². The standard InChI is InChI=1S/C14H17NO/c1-12(2)14(11-15)16-10-6-9-13-7-4-3-5-8-13/h3-9,12,14H,10H2,1-2H3/b9-6+. The molecule has 0 radical (unpaired) electrons. The first kappa shape index (κ1) is 12.5. The first-order chi connectivity index (χ1) is 7.74. The third-order valence-corrected chi connectivity index (χ3v) is 2.21. The lowest BCUT2D eigenvalue weighted by Gasteiger charge is -2.11. The van der Waals surface area contributed by atoms with E-state index in [-0.39, 0.29) is 12.0 Å². The minimum atomic E-state index is -0.319. The molecule has 0 bridgehead atoms. The molecule has 1 aromatic rings. The zero-order chi connectivity index (χ0) is 11.8. The molecule has 0 aromatic heterocycles. The molecule has 0 aliphatic rings. The molecule has 1 unspecified atom stereocenters. The fourth-order valence-corrected chi connectivity index (χ4v) is 1.29. The van der Waals surface area contributed by atoms with Crippen molar-refractivity contribution in [2.45, 2.75) is 20.0 Å². The fourth-order valence-electron chi connectivity index (χ4n) is 1.29. The van der Waals surface area contributed by atoms with Gasteiger partial charge in [-0.1, -0.05) is 56.3 Å². The number of hydrogen-bond donors (Lipinski definition) is 0. The van der Waals surface area contributed by atoms with Gasteiger partial charge in [0.2, 0.25) is 0 Å². The van der Waals surface area contributed by atoms with E-state index in [4.69, 9.17) is 10.00 Å². The zero-order valence-corrected chi connectivity index (χ0v) is 9.76. The molecule has 2 nitrogen and oxygen atoms in total. The van der Waals surface area contributed by atoms with Gasteiger partial charge in [0.25, 0.3) is 0 Å². The number of nitrogens with zero attached hydrogens (tertiary/aromatic N) is 1. The summed E-state index contributed by atoms with van der Waals surface area (Å²) in [5.41, 5.74) is 1.14. The Morgan fingerprint density at radius 1 is 1.31 bits per heavy atom. The van der Waals surface area contributed by atoms with Gasteiger partial charge in [-0.2, -0.15) is 5.26 Å². The average molecular weight is 215 g/mol. The highest BCUT2D eigenvalue weighted by Gasteiger charge is 2.10. The van der Waals surface area contributed by atoms with Crippen LogP contribution in [0.25, 0.3) is 6.08 Å². The van der Waals surface area contributed by atoms with Gasteiger partial charge in [0.1, 0.15) is 6.10 Å². The maximum absolute atomic E-state index is 8.81. The molecule has 0 heterocycles. The van der Waals surface area contributed by atoms with Crippen molar-refractivity contribution in [3.63, 3.8) is 0 Å². The highest BCUT2D eigenvalue weighted by Crippen LogP contribution is 2.06. The highest BCUT2D eigenvalue weighted by atomic mass is 16.5. The summed E-state index contributed by atoms with van der Waals surface area (Å²) in [6, 6.07) is 12.2. The van der Waals surface area contributed by atoms with Crippen LogP contribution in [0.3, 0.4) is 0 Å². The molecule has 0 spiro atoms. The van der Waals surface area contributed by atoms with Crippen molar-refractivity contribution < 1.29 is 4.74 Å². The van der Waals surface area contributed by atoms with Crippen LogP contribution in [0.4, 0.5) is 0 Å². The average Bonchev–Trinajstić information content (AvgIpc) is 2.30. The van der Waals surface area contributed by atoms with E-state index in [0.29, 0.717) is 6.61 Å². The Morgan fingerprint density at radius 2 is 2.00 bits per heavy atom. The van der Waals surface area contributed by atoms with Gasteiger partial charge in [-0.3, -0.25) is 0 Å². The molecule has 1 rings (SSSR count). The summed E-state index contributed by atoms with van der Waals surface area (Å²) in [7, 11) is 0. The van der Waals surface area contributed by atoms with Crippen LogP contribution in [0, 0.1) is 17.2 Å². The van der Waals surface area contributed by atoms with Gasteiger partial charge < -0.3 is 4.74 Å². The van der Waals surface area contributed by atoms with Gasteiger partial charge >= 0.3 is 0 Å². The second kappa shape index (κ2) is 6.81. The van der Waals surface area contributed by atoms with Crippen molar-refractivity contribution in [2.24, 2.45) is 5.92 Å². The SMILES string of the molecule is CC(C)C(C#N)OC/C=C/c1ccccc1. The van der Waals surface area contributed by atoms with Crippen LogP contribution in [0.2, 0.25) is 0 Å². The van der Waals surface area contributed by atoms with Gasteiger partial charge in [-0.25, -0.2) is 0 Å². The lowest BCUT2D eigenvalue weighted by molar-refractivity contribution is 0.0816. The Kier molecular flexibility index (Phi) is 5.31. The highest BCUT2D eigenvalue weighted by molar-refractivity contribution is 5.48. The zero-order valence-electron chi connectivity index (χ0n) is 9.76. The number of nitriles is 1. The first-order valence-electron chi connectivity index (χ1n) is 5.47. The van der Waals surface area contributed by atoms with Crippen LogP contribution < -0.4 is 0 Å². The van der Waals surface area contributed by atoms with Crippen molar-refractivity contribution in [1.29, 1.82) is 5.26 Å². The third kappa shape index (κ3) is 4.29. The predicted octanol–water partition coefficient (Wildman–Crippen LogP) is 3.26. The van der Waals surface area contributed by atoms with Gasteiger partial charge in [0.05, 0.1) is 12.7 Å². The van der Waals surface area contributed by atoms with Crippen molar-refractivity contribution in [3.8, 4) is 6.07 Å². The molecule has 0 amide bonds. The van der Waals surface area contributed by atoms with Crippen molar-refractivity contribution in [1.82, 2.24) is 0 Å². The van der Waals surface area contributed by atoms with Gasteiger partial charge in [0, 0.05) is 0 Å². The quantitative estimate of drug-likeness (QED) is 0.755.